The lowest BCUT2D eigenvalue weighted by molar-refractivity contribution is 0.0790. The summed E-state index contributed by atoms with van der Waals surface area (Å²) in [4.78, 5) is 26.3. The summed E-state index contributed by atoms with van der Waals surface area (Å²) in [6.07, 6.45) is 2.41. The molecule has 2 aromatic rings. The Balaban J connectivity index is 1.86. The van der Waals surface area contributed by atoms with E-state index in [1.807, 2.05) is 18.2 Å². The van der Waals surface area contributed by atoms with E-state index >= 15 is 0 Å². The zero-order valence-electron chi connectivity index (χ0n) is 12.6. The second kappa shape index (κ2) is 6.56. The number of hydrogen-bond acceptors (Lipinski definition) is 3. The second-order valence-corrected chi connectivity index (χ2v) is 6.18. The summed E-state index contributed by atoms with van der Waals surface area (Å²) in [6.45, 7) is 1.55. The Morgan fingerprint density at radius 1 is 1.26 bits per heavy atom. The third-order valence-electron chi connectivity index (χ3n) is 4.04. The molecule has 1 atom stereocenters. The van der Waals surface area contributed by atoms with Gasteiger partial charge in [0, 0.05) is 36.4 Å². The average Bonchev–Trinajstić information content (AvgIpc) is 2.97. The summed E-state index contributed by atoms with van der Waals surface area (Å²) in [5.41, 5.74) is 7.01. The minimum atomic E-state index is -0.167. The number of carbonyl (C=O) groups is 1. The number of benzene rings is 1. The van der Waals surface area contributed by atoms with Crippen LogP contribution in [0.25, 0.3) is 0 Å². The lowest BCUT2D eigenvalue weighted by Gasteiger charge is -2.16. The first-order valence-electron chi connectivity index (χ1n) is 7.53. The van der Waals surface area contributed by atoms with Gasteiger partial charge < -0.3 is 15.2 Å². The van der Waals surface area contributed by atoms with Gasteiger partial charge in [0.1, 0.15) is 0 Å². The van der Waals surface area contributed by atoms with E-state index in [2.05, 4.69) is 0 Å². The maximum Gasteiger partial charge on any atom is 0.255 e. The lowest BCUT2D eigenvalue weighted by atomic mass is 10.2. The maximum absolute atomic E-state index is 12.5. The van der Waals surface area contributed by atoms with Crippen molar-refractivity contribution < 1.29 is 4.79 Å². The highest BCUT2D eigenvalue weighted by Gasteiger charge is 2.24. The predicted molar refractivity (Wildman–Crippen MR) is 89.8 cm³/mol. The van der Waals surface area contributed by atoms with Crippen LogP contribution in [0.5, 0.6) is 0 Å². The molecule has 1 fully saturated rings. The van der Waals surface area contributed by atoms with Crippen LogP contribution >= 0.6 is 11.6 Å². The van der Waals surface area contributed by atoms with Crippen LogP contribution in [0.4, 0.5) is 0 Å². The van der Waals surface area contributed by atoms with Gasteiger partial charge in [-0.2, -0.15) is 0 Å². The average molecular weight is 332 g/mol. The standard InChI is InChI=1S/C17H18ClN3O2/c18-15-4-2-1-3-12(15)9-21-10-13(5-6-16(21)22)17(23)20-8-7-14(19)11-20/h1-6,10,14H,7-9,11,19H2. The van der Waals surface area contributed by atoms with Crippen molar-refractivity contribution in [3.63, 3.8) is 0 Å². The third kappa shape index (κ3) is 3.46. The minimum absolute atomic E-state index is 0.0352. The van der Waals surface area contributed by atoms with E-state index in [9.17, 15) is 9.59 Å². The van der Waals surface area contributed by atoms with Crippen molar-refractivity contribution in [1.29, 1.82) is 0 Å². The Morgan fingerprint density at radius 3 is 2.74 bits per heavy atom. The summed E-state index contributed by atoms with van der Waals surface area (Å²) in [7, 11) is 0. The Kier molecular flexibility index (Phi) is 4.50. The van der Waals surface area contributed by atoms with Crippen molar-refractivity contribution >= 4 is 17.5 Å². The molecule has 1 aliphatic heterocycles. The van der Waals surface area contributed by atoms with E-state index in [1.165, 1.54) is 10.6 Å². The topological polar surface area (TPSA) is 68.3 Å². The molecule has 0 radical (unpaired) electrons. The van der Waals surface area contributed by atoms with Gasteiger partial charge in [-0.15, -0.1) is 0 Å². The monoisotopic (exact) mass is 331 g/mol. The van der Waals surface area contributed by atoms with Crippen LogP contribution < -0.4 is 11.3 Å². The summed E-state index contributed by atoms with van der Waals surface area (Å²) < 4.78 is 1.50. The number of nitrogens with two attached hydrogens (primary N) is 1. The van der Waals surface area contributed by atoms with Gasteiger partial charge in [-0.3, -0.25) is 9.59 Å². The van der Waals surface area contributed by atoms with Gasteiger partial charge in [0.2, 0.25) is 0 Å². The highest BCUT2D eigenvalue weighted by molar-refractivity contribution is 6.31. The Labute approximate surface area is 139 Å². The lowest BCUT2D eigenvalue weighted by Crippen LogP contribution is -2.33. The second-order valence-electron chi connectivity index (χ2n) is 5.78. The number of nitrogens with zero attached hydrogens (tertiary/aromatic N) is 2. The Bertz CT molecular complexity index is 787. The molecule has 2 N–H and O–H groups in total. The zero-order valence-corrected chi connectivity index (χ0v) is 13.4. The van der Waals surface area contributed by atoms with Crippen molar-refractivity contribution in [1.82, 2.24) is 9.47 Å². The molecule has 0 bridgehead atoms. The van der Waals surface area contributed by atoms with Gasteiger partial charge in [-0.05, 0) is 24.1 Å². The van der Waals surface area contributed by atoms with Gasteiger partial charge in [0.05, 0.1) is 12.1 Å². The predicted octanol–water partition coefficient (Wildman–Crippen LogP) is 1.72. The third-order valence-corrected chi connectivity index (χ3v) is 4.41. The molecule has 1 amide bonds. The first kappa shape index (κ1) is 15.8. The number of amides is 1. The van der Waals surface area contributed by atoms with E-state index in [1.54, 1.807) is 23.2 Å². The molecule has 1 saturated heterocycles. The maximum atomic E-state index is 12.5. The molecular formula is C17H18ClN3O2. The molecule has 0 spiro atoms. The van der Waals surface area contributed by atoms with Crippen LogP contribution in [0.2, 0.25) is 5.02 Å². The molecule has 120 valence electrons. The fraction of sp³-hybridized carbons (Fsp3) is 0.294. The van der Waals surface area contributed by atoms with Crippen LogP contribution in [0.3, 0.4) is 0 Å². The van der Waals surface area contributed by atoms with Gasteiger partial charge >= 0.3 is 0 Å². The van der Waals surface area contributed by atoms with Crippen LogP contribution in [0.15, 0.2) is 47.4 Å². The van der Waals surface area contributed by atoms with Crippen LogP contribution in [-0.4, -0.2) is 34.5 Å². The molecule has 1 aromatic carbocycles. The Hall–Kier alpha value is -2.11. The quantitative estimate of drug-likeness (QED) is 0.931. The molecule has 6 heteroatoms. The van der Waals surface area contributed by atoms with Gasteiger partial charge in [0.25, 0.3) is 11.5 Å². The van der Waals surface area contributed by atoms with Crippen LogP contribution in [-0.2, 0) is 6.54 Å². The minimum Gasteiger partial charge on any atom is -0.337 e. The normalized spacial score (nSPS) is 17.5. The Morgan fingerprint density at radius 2 is 2.04 bits per heavy atom. The summed E-state index contributed by atoms with van der Waals surface area (Å²) >= 11 is 6.14. The molecule has 23 heavy (non-hydrogen) atoms. The van der Waals surface area contributed by atoms with E-state index in [0.29, 0.717) is 30.2 Å². The fourth-order valence-corrected chi connectivity index (χ4v) is 2.94. The van der Waals surface area contributed by atoms with Crippen LogP contribution in [0.1, 0.15) is 22.3 Å². The van der Waals surface area contributed by atoms with Crippen molar-refractivity contribution in [3.05, 3.63) is 69.1 Å². The number of aromatic nitrogens is 1. The summed E-state index contributed by atoms with van der Waals surface area (Å²) in [5.74, 6) is -0.0918. The van der Waals surface area contributed by atoms with E-state index in [0.717, 1.165) is 12.0 Å². The number of rotatable bonds is 3. The van der Waals surface area contributed by atoms with E-state index < -0.39 is 0 Å². The number of halogens is 1. The number of likely N-dealkylation sites (tertiary alicyclic amines) is 1. The molecular weight excluding hydrogens is 314 g/mol. The summed E-state index contributed by atoms with van der Waals surface area (Å²) in [6, 6.07) is 10.4. The van der Waals surface area contributed by atoms with Crippen molar-refractivity contribution in [2.24, 2.45) is 5.73 Å². The first-order valence-corrected chi connectivity index (χ1v) is 7.91. The first-order chi connectivity index (χ1) is 11.0. The molecule has 5 nitrogen and oxygen atoms in total. The molecule has 2 heterocycles. The van der Waals surface area contributed by atoms with E-state index in [-0.39, 0.29) is 17.5 Å². The van der Waals surface area contributed by atoms with Gasteiger partial charge in [-0.1, -0.05) is 29.8 Å². The van der Waals surface area contributed by atoms with E-state index in [4.69, 9.17) is 17.3 Å². The highest BCUT2D eigenvalue weighted by Crippen LogP contribution is 2.16. The fourth-order valence-electron chi connectivity index (χ4n) is 2.75. The molecule has 1 unspecified atom stereocenters. The van der Waals surface area contributed by atoms with Crippen molar-refractivity contribution in [2.45, 2.75) is 19.0 Å². The zero-order chi connectivity index (χ0) is 16.4. The molecule has 0 aliphatic carbocycles. The SMILES string of the molecule is NC1CCN(C(=O)c2ccc(=O)n(Cc3ccccc3Cl)c2)C1. The molecule has 0 saturated carbocycles. The highest BCUT2D eigenvalue weighted by atomic mass is 35.5. The molecule has 3 rings (SSSR count). The number of pyridine rings is 1. The molecule has 1 aliphatic rings. The smallest absolute Gasteiger partial charge is 0.255 e. The van der Waals surface area contributed by atoms with Crippen molar-refractivity contribution in [2.75, 3.05) is 13.1 Å². The summed E-state index contributed by atoms with van der Waals surface area (Å²) in [5, 5.41) is 0.599. The van der Waals surface area contributed by atoms with Gasteiger partial charge in [-0.25, -0.2) is 0 Å². The number of hydrogen-bond donors (Lipinski definition) is 1. The van der Waals surface area contributed by atoms with Crippen LogP contribution in [0, 0.1) is 0 Å². The number of carbonyl (C=O) groups excluding carboxylic acids is 1. The van der Waals surface area contributed by atoms with Gasteiger partial charge in [0.15, 0.2) is 0 Å². The largest absolute Gasteiger partial charge is 0.337 e. The molecule has 1 aromatic heterocycles. The van der Waals surface area contributed by atoms with Crippen molar-refractivity contribution in [3.8, 4) is 0 Å².